The zero-order chi connectivity index (χ0) is 9.97. The van der Waals surface area contributed by atoms with Crippen LogP contribution in [0.3, 0.4) is 0 Å². The molecule has 1 N–H and O–H groups in total. The standard InChI is InChI=1S/C12H22N2/c1-3-8-13-11-7-9-14(2)12-6-4-5-10(11)12/h3,10-13H,1,4-9H2,2H3. The van der Waals surface area contributed by atoms with Crippen molar-refractivity contribution in [3.8, 4) is 0 Å². The van der Waals surface area contributed by atoms with Crippen LogP contribution in [0.15, 0.2) is 12.7 Å². The zero-order valence-corrected chi connectivity index (χ0v) is 9.21. The summed E-state index contributed by atoms with van der Waals surface area (Å²) < 4.78 is 0. The maximum atomic E-state index is 3.77. The van der Waals surface area contributed by atoms with Gasteiger partial charge in [0.15, 0.2) is 0 Å². The topological polar surface area (TPSA) is 15.3 Å². The van der Waals surface area contributed by atoms with E-state index >= 15 is 0 Å². The number of nitrogens with zero attached hydrogens (tertiary/aromatic N) is 1. The molecule has 0 amide bonds. The SMILES string of the molecule is C=CCNC1CCN(C)C2CCCC12. The van der Waals surface area contributed by atoms with Crippen LogP contribution in [-0.2, 0) is 0 Å². The summed E-state index contributed by atoms with van der Waals surface area (Å²) in [6, 6.07) is 1.60. The third-order valence-corrected chi connectivity index (χ3v) is 3.93. The van der Waals surface area contributed by atoms with Gasteiger partial charge in [0.2, 0.25) is 0 Å². The molecule has 1 saturated heterocycles. The minimum atomic E-state index is 0.747. The minimum Gasteiger partial charge on any atom is -0.310 e. The number of nitrogens with one attached hydrogen (secondary N) is 1. The second-order valence-electron chi connectivity index (χ2n) is 4.73. The van der Waals surface area contributed by atoms with Gasteiger partial charge in [-0.2, -0.15) is 0 Å². The fourth-order valence-corrected chi connectivity index (χ4v) is 3.20. The highest BCUT2D eigenvalue weighted by Gasteiger charge is 2.38. The van der Waals surface area contributed by atoms with Crippen molar-refractivity contribution in [2.24, 2.45) is 5.92 Å². The van der Waals surface area contributed by atoms with E-state index in [0.29, 0.717) is 0 Å². The lowest BCUT2D eigenvalue weighted by Crippen LogP contribution is -2.51. The number of rotatable bonds is 3. The molecule has 3 unspecified atom stereocenters. The molecule has 0 aromatic rings. The summed E-state index contributed by atoms with van der Waals surface area (Å²) in [4.78, 5) is 2.56. The van der Waals surface area contributed by atoms with E-state index in [1.54, 1.807) is 0 Å². The van der Waals surface area contributed by atoms with Crippen molar-refractivity contribution < 1.29 is 0 Å². The molecule has 1 saturated carbocycles. The van der Waals surface area contributed by atoms with Crippen LogP contribution in [0, 0.1) is 5.92 Å². The van der Waals surface area contributed by atoms with E-state index in [0.717, 1.165) is 24.5 Å². The van der Waals surface area contributed by atoms with Crippen molar-refractivity contribution in [1.29, 1.82) is 0 Å². The Balaban J connectivity index is 1.95. The highest BCUT2D eigenvalue weighted by Crippen LogP contribution is 2.36. The van der Waals surface area contributed by atoms with Crippen LogP contribution >= 0.6 is 0 Å². The van der Waals surface area contributed by atoms with Crippen molar-refractivity contribution >= 4 is 0 Å². The van der Waals surface area contributed by atoms with Crippen LogP contribution in [0.4, 0.5) is 0 Å². The van der Waals surface area contributed by atoms with E-state index in [1.165, 1.54) is 32.2 Å². The number of piperidine rings is 1. The molecular weight excluding hydrogens is 172 g/mol. The highest BCUT2D eigenvalue weighted by atomic mass is 15.2. The molecule has 3 atom stereocenters. The van der Waals surface area contributed by atoms with Crippen LogP contribution in [0.2, 0.25) is 0 Å². The van der Waals surface area contributed by atoms with Gasteiger partial charge < -0.3 is 10.2 Å². The van der Waals surface area contributed by atoms with E-state index in [2.05, 4.69) is 23.8 Å². The smallest absolute Gasteiger partial charge is 0.0135 e. The van der Waals surface area contributed by atoms with Crippen LogP contribution in [-0.4, -0.2) is 37.1 Å². The lowest BCUT2D eigenvalue weighted by molar-refractivity contribution is 0.112. The Kier molecular flexibility index (Phi) is 3.24. The predicted octanol–water partition coefficient (Wildman–Crippen LogP) is 1.63. The molecule has 1 aliphatic heterocycles. The second-order valence-corrected chi connectivity index (χ2v) is 4.73. The molecule has 1 heterocycles. The molecule has 2 heteroatoms. The second kappa shape index (κ2) is 4.45. The molecule has 0 aromatic heterocycles. The third kappa shape index (κ3) is 1.86. The molecule has 0 aromatic carbocycles. The predicted molar refractivity (Wildman–Crippen MR) is 60.4 cm³/mol. The Morgan fingerprint density at radius 3 is 3.07 bits per heavy atom. The minimum absolute atomic E-state index is 0.747. The molecule has 2 nitrogen and oxygen atoms in total. The van der Waals surface area contributed by atoms with Crippen molar-refractivity contribution in [2.45, 2.75) is 37.8 Å². The summed E-state index contributed by atoms with van der Waals surface area (Å²) in [6.45, 7) is 6.00. The Labute approximate surface area is 87.4 Å². The fraction of sp³-hybridized carbons (Fsp3) is 0.833. The molecule has 14 heavy (non-hydrogen) atoms. The van der Waals surface area contributed by atoms with E-state index in [-0.39, 0.29) is 0 Å². The lowest BCUT2D eigenvalue weighted by Gasteiger charge is -2.40. The first-order chi connectivity index (χ1) is 6.83. The molecule has 2 rings (SSSR count). The Hall–Kier alpha value is -0.340. The molecule has 2 aliphatic rings. The lowest BCUT2D eigenvalue weighted by atomic mass is 9.87. The summed E-state index contributed by atoms with van der Waals surface area (Å²) in [5.41, 5.74) is 0. The molecule has 1 aliphatic carbocycles. The van der Waals surface area contributed by atoms with Gasteiger partial charge >= 0.3 is 0 Å². The number of likely N-dealkylation sites (tertiary alicyclic amines) is 1. The summed E-state index contributed by atoms with van der Waals surface area (Å²) >= 11 is 0. The van der Waals surface area contributed by atoms with Gasteiger partial charge in [0.25, 0.3) is 0 Å². The van der Waals surface area contributed by atoms with E-state index in [4.69, 9.17) is 0 Å². The quantitative estimate of drug-likeness (QED) is 0.687. The van der Waals surface area contributed by atoms with E-state index in [9.17, 15) is 0 Å². The first-order valence-electron chi connectivity index (χ1n) is 5.87. The van der Waals surface area contributed by atoms with Crippen molar-refractivity contribution in [1.82, 2.24) is 10.2 Å². The van der Waals surface area contributed by atoms with Gasteiger partial charge in [0, 0.05) is 18.6 Å². The largest absolute Gasteiger partial charge is 0.310 e. The Morgan fingerprint density at radius 2 is 2.29 bits per heavy atom. The third-order valence-electron chi connectivity index (χ3n) is 3.93. The van der Waals surface area contributed by atoms with Crippen molar-refractivity contribution in [3.63, 3.8) is 0 Å². The van der Waals surface area contributed by atoms with E-state index < -0.39 is 0 Å². The average Bonchev–Trinajstić information content (AvgIpc) is 2.66. The summed E-state index contributed by atoms with van der Waals surface area (Å²) in [7, 11) is 2.28. The monoisotopic (exact) mass is 194 g/mol. The van der Waals surface area contributed by atoms with Gasteiger partial charge in [-0.25, -0.2) is 0 Å². The highest BCUT2D eigenvalue weighted by molar-refractivity contribution is 4.96. The maximum Gasteiger partial charge on any atom is 0.0135 e. The van der Waals surface area contributed by atoms with Crippen molar-refractivity contribution in [3.05, 3.63) is 12.7 Å². The Bertz CT molecular complexity index is 202. The average molecular weight is 194 g/mol. The van der Waals surface area contributed by atoms with Crippen LogP contribution < -0.4 is 5.32 Å². The van der Waals surface area contributed by atoms with E-state index in [1.807, 2.05) is 6.08 Å². The zero-order valence-electron chi connectivity index (χ0n) is 9.21. The van der Waals surface area contributed by atoms with Gasteiger partial charge in [0.05, 0.1) is 0 Å². The number of hydrogen-bond acceptors (Lipinski definition) is 2. The molecule has 80 valence electrons. The van der Waals surface area contributed by atoms with Crippen LogP contribution in [0.25, 0.3) is 0 Å². The van der Waals surface area contributed by atoms with Gasteiger partial charge in [-0.1, -0.05) is 12.5 Å². The Morgan fingerprint density at radius 1 is 1.43 bits per heavy atom. The summed E-state index contributed by atoms with van der Waals surface area (Å²) in [6.07, 6.45) is 7.54. The normalized spacial score (nSPS) is 38.2. The molecule has 0 bridgehead atoms. The van der Waals surface area contributed by atoms with Crippen LogP contribution in [0.1, 0.15) is 25.7 Å². The fourth-order valence-electron chi connectivity index (χ4n) is 3.20. The van der Waals surface area contributed by atoms with Gasteiger partial charge in [0.1, 0.15) is 0 Å². The summed E-state index contributed by atoms with van der Waals surface area (Å²) in [5.74, 6) is 0.897. The number of fused-ring (bicyclic) bond motifs is 1. The van der Waals surface area contributed by atoms with Gasteiger partial charge in [-0.15, -0.1) is 6.58 Å². The molecular formula is C12H22N2. The summed E-state index contributed by atoms with van der Waals surface area (Å²) in [5, 5.41) is 3.62. The maximum absolute atomic E-state index is 3.77. The first-order valence-corrected chi connectivity index (χ1v) is 5.87. The van der Waals surface area contributed by atoms with Crippen molar-refractivity contribution in [2.75, 3.05) is 20.1 Å². The first kappa shape index (κ1) is 10.2. The molecule has 0 radical (unpaired) electrons. The van der Waals surface area contributed by atoms with Gasteiger partial charge in [-0.05, 0) is 38.8 Å². The molecule has 2 fully saturated rings. The van der Waals surface area contributed by atoms with Gasteiger partial charge in [-0.3, -0.25) is 0 Å². The molecule has 0 spiro atoms. The number of hydrogen-bond donors (Lipinski definition) is 1. The van der Waals surface area contributed by atoms with Crippen LogP contribution in [0.5, 0.6) is 0 Å².